The van der Waals surface area contributed by atoms with Crippen molar-refractivity contribution in [3.63, 3.8) is 0 Å². The van der Waals surface area contributed by atoms with Gasteiger partial charge in [0.15, 0.2) is 5.78 Å². The molecule has 1 aromatic rings. The summed E-state index contributed by atoms with van der Waals surface area (Å²) in [6.07, 6.45) is -1.32. The minimum atomic E-state index is -0.908. The fraction of sp³-hybridized carbons (Fsp3) is 0.545. The number of H-pyrrole nitrogens is 1. The zero-order chi connectivity index (χ0) is 14.2. The molecule has 1 fully saturated rings. The molecule has 0 radical (unpaired) electrons. The fourth-order valence-corrected chi connectivity index (χ4v) is 2.00. The molecule has 2 heterocycles. The first kappa shape index (κ1) is 13.7. The van der Waals surface area contributed by atoms with Crippen LogP contribution in [0.5, 0.6) is 0 Å². The summed E-state index contributed by atoms with van der Waals surface area (Å²) in [5.41, 5.74) is -1.65. The highest BCUT2D eigenvalue weighted by Crippen LogP contribution is 2.27. The molecule has 0 amide bonds. The summed E-state index contributed by atoms with van der Waals surface area (Å²) in [5, 5.41) is 18.6. The molecule has 0 bridgehead atoms. The van der Waals surface area contributed by atoms with Crippen LogP contribution in [0.1, 0.15) is 29.9 Å². The first-order chi connectivity index (χ1) is 8.93. The van der Waals surface area contributed by atoms with Crippen LogP contribution in [0.3, 0.4) is 0 Å². The summed E-state index contributed by atoms with van der Waals surface area (Å²) in [6, 6.07) is 0. The predicted molar refractivity (Wildman–Crippen MR) is 62.9 cm³/mol. The Labute approximate surface area is 107 Å². The lowest BCUT2D eigenvalue weighted by molar-refractivity contribution is -0.0459. The average Bonchev–Trinajstić information content (AvgIpc) is 2.69. The summed E-state index contributed by atoms with van der Waals surface area (Å²) in [7, 11) is 0. The smallest absolute Gasteiger partial charge is 0.330 e. The topological polar surface area (TPSA) is 122 Å². The van der Waals surface area contributed by atoms with E-state index in [4.69, 9.17) is 9.84 Å². The average molecular weight is 270 g/mol. The van der Waals surface area contributed by atoms with Crippen LogP contribution in [-0.4, -0.2) is 44.4 Å². The van der Waals surface area contributed by atoms with Crippen molar-refractivity contribution in [3.05, 3.63) is 32.6 Å². The van der Waals surface area contributed by atoms with E-state index in [2.05, 4.69) is 0 Å². The van der Waals surface area contributed by atoms with Crippen LogP contribution in [0.4, 0.5) is 0 Å². The Morgan fingerprint density at radius 2 is 2.26 bits per heavy atom. The number of ether oxygens (including phenoxy) is 1. The third-order valence-corrected chi connectivity index (χ3v) is 3.04. The molecule has 0 spiro atoms. The van der Waals surface area contributed by atoms with E-state index in [1.807, 2.05) is 4.98 Å². The molecule has 1 saturated heterocycles. The molecule has 0 saturated carbocycles. The zero-order valence-corrected chi connectivity index (χ0v) is 10.2. The SMILES string of the molecule is CC(=O)c1cn([C@@H]2C[C@@H](O)[C@H](CO)O2)c(=O)[nH]c1=O. The number of aliphatic hydroxyl groups excluding tert-OH is 2. The Morgan fingerprint density at radius 3 is 2.79 bits per heavy atom. The van der Waals surface area contributed by atoms with Gasteiger partial charge >= 0.3 is 5.69 Å². The number of rotatable bonds is 3. The number of nitrogens with one attached hydrogen (secondary N) is 1. The van der Waals surface area contributed by atoms with E-state index < -0.39 is 35.5 Å². The quantitative estimate of drug-likeness (QED) is 0.567. The monoisotopic (exact) mass is 270 g/mol. The second-order valence-electron chi connectivity index (χ2n) is 4.38. The highest BCUT2D eigenvalue weighted by Gasteiger charge is 2.35. The lowest BCUT2D eigenvalue weighted by Crippen LogP contribution is -2.35. The van der Waals surface area contributed by atoms with Crippen molar-refractivity contribution in [2.45, 2.75) is 31.8 Å². The fourth-order valence-electron chi connectivity index (χ4n) is 2.00. The lowest BCUT2D eigenvalue weighted by atomic mass is 10.2. The molecule has 1 aliphatic heterocycles. The first-order valence-corrected chi connectivity index (χ1v) is 5.74. The van der Waals surface area contributed by atoms with Gasteiger partial charge in [0.2, 0.25) is 0 Å². The number of ketones is 1. The summed E-state index contributed by atoms with van der Waals surface area (Å²) < 4.78 is 6.33. The number of Topliss-reactive ketones (excluding diaryl/α,β-unsaturated/α-hetero) is 1. The van der Waals surface area contributed by atoms with E-state index in [9.17, 15) is 19.5 Å². The minimum absolute atomic E-state index is 0.0918. The molecule has 0 unspecified atom stereocenters. The molecule has 0 aromatic carbocycles. The van der Waals surface area contributed by atoms with Crippen molar-refractivity contribution in [1.29, 1.82) is 0 Å². The second kappa shape index (κ2) is 5.08. The van der Waals surface area contributed by atoms with E-state index in [1.165, 1.54) is 6.92 Å². The van der Waals surface area contributed by atoms with Gasteiger partial charge in [-0.05, 0) is 6.92 Å². The number of aliphatic hydroxyl groups is 2. The van der Waals surface area contributed by atoms with Gasteiger partial charge in [-0.25, -0.2) is 4.79 Å². The number of carbonyl (C=O) groups is 1. The number of carbonyl (C=O) groups excluding carboxylic acids is 1. The van der Waals surface area contributed by atoms with Crippen LogP contribution in [0, 0.1) is 0 Å². The van der Waals surface area contributed by atoms with Crippen LogP contribution in [0.15, 0.2) is 15.8 Å². The van der Waals surface area contributed by atoms with Gasteiger partial charge in [0.05, 0.1) is 18.3 Å². The van der Waals surface area contributed by atoms with E-state index in [-0.39, 0.29) is 18.6 Å². The Balaban J connectivity index is 2.41. The molecule has 1 aliphatic rings. The van der Waals surface area contributed by atoms with Crippen molar-refractivity contribution in [3.8, 4) is 0 Å². The molecule has 3 atom stereocenters. The Morgan fingerprint density at radius 1 is 1.58 bits per heavy atom. The number of hydrogen-bond donors (Lipinski definition) is 3. The van der Waals surface area contributed by atoms with E-state index in [1.54, 1.807) is 0 Å². The van der Waals surface area contributed by atoms with Gasteiger partial charge in [-0.15, -0.1) is 0 Å². The number of hydrogen-bond acceptors (Lipinski definition) is 6. The molecule has 3 N–H and O–H groups in total. The van der Waals surface area contributed by atoms with Crippen molar-refractivity contribution in [2.75, 3.05) is 6.61 Å². The molecule has 1 aromatic heterocycles. The number of nitrogens with zero attached hydrogens (tertiary/aromatic N) is 1. The third kappa shape index (κ3) is 2.50. The normalized spacial score (nSPS) is 26.6. The van der Waals surface area contributed by atoms with Crippen LogP contribution < -0.4 is 11.2 Å². The lowest BCUT2D eigenvalue weighted by Gasteiger charge is -2.14. The molecular weight excluding hydrogens is 256 g/mol. The van der Waals surface area contributed by atoms with Crippen molar-refractivity contribution in [2.24, 2.45) is 0 Å². The molecule has 8 heteroatoms. The highest BCUT2D eigenvalue weighted by atomic mass is 16.5. The van der Waals surface area contributed by atoms with E-state index >= 15 is 0 Å². The Bertz CT molecular complexity index is 604. The van der Waals surface area contributed by atoms with Gasteiger partial charge in [0.25, 0.3) is 5.56 Å². The maximum Gasteiger partial charge on any atom is 0.330 e. The maximum absolute atomic E-state index is 11.7. The third-order valence-electron chi connectivity index (χ3n) is 3.04. The summed E-state index contributed by atoms with van der Waals surface area (Å²) in [6.45, 7) is 0.829. The van der Waals surface area contributed by atoms with Gasteiger partial charge in [0.1, 0.15) is 12.3 Å². The zero-order valence-electron chi connectivity index (χ0n) is 10.2. The maximum atomic E-state index is 11.7. The van der Waals surface area contributed by atoms with Crippen molar-refractivity contribution in [1.82, 2.24) is 9.55 Å². The highest BCUT2D eigenvalue weighted by molar-refractivity contribution is 5.93. The summed E-state index contributed by atoms with van der Waals surface area (Å²) >= 11 is 0. The first-order valence-electron chi connectivity index (χ1n) is 5.74. The molecule has 2 rings (SSSR count). The van der Waals surface area contributed by atoms with Crippen molar-refractivity contribution >= 4 is 5.78 Å². The van der Waals surface area contributed by atoms with Gasteiger partial charge in [-0.1, -0.05) is 0 Å². The van der Waals surface area contributed by atoms with Crippen molar-refractivity contribution < 1.29 is 19.7 Å². The molecule has 8 nitrogen and oxygen atoms in total. The number of aromatic nitrogens is 2. The van der Waals surface area contributed by atoms with Gasteiger partial charge in [-0.3, -0.25) is 19.1 Å². The van der Waals surface area contributed by atoms with Crippen LogP contribution in [0.2, 0.25) is 0 Å². The molecule has 19 heavy (non-hydrogen) atoms. The van der Waals surface area contributed by atoms with Crippen LogP contribution in [-0.2, 0) is 4.74 Å². The summed E-state index contributed by atoms with van der Waals surface area (Å²) in [4.78, 5) is 36.4. The van der Waals surface area contributed by atoms with Gasteiger partial charge < -0.3 is 14.9 Å². The largest absolute Gasteiger partial charge is 0.394 e. The number of aromatic amines is 1. The van der Waals surface area contributed by atoms with Crippen LogP contribution >= 0.6 is 0 Å². The molecular formula is C11H14N2O6. The van der Waals surface area contributed by atoms with E-state index in [0.717, 1.165) is 10.8 Å². The second-order valence-corrected chi connectivity index (χ2v) is 4.38. The van der Waals surface area contributed by atoms with Gasteiger partial charge in [0, 0.05) is 12.6 Å². The molecule has 104 valence electrons. The standard InChI is InChI=1S/C11H14N2O6/c1-5(15)6-3-13(11(18)12-10(6)17)9-2-7(16)8(4-14)19-9/h3,7-9,14,16H,2,4H2,1H3,(H,12,17,18)/t7-,8+,9+/m1/s1. The molecule has 0 aliphatic carbocycles. The Kier molecular flexibility index (Phi) is 3.65. The Hall–Kier alpha value is -1.77. The minimum Gasteiger partial charge on any atom is -0.394 e. The van der Waals surface area contributed by atoms with E-state index in [0.29, 0.717) is 0 Å². The predicted octanol–water partition coefficient (Wildman–Crippen LogP) is -1.62. The van der Waals surface area contributed by atoms with Gasteiger partial charge in [-0.2, -0.15) is 0 Å². The summed E-state index contributed by atoms with van der Waals surface area (Å²) in [5.74, 6) is -0.479. The van der Waals surface area contributed by atoms with Crippen LogP contribution in [0.25, 0.3) is 0 Å².